The van der Waals surface area contributed by atoms with Crippen LogP contribution in [0.4, 0.5) is 5.69 Å². The maximum absolute atomic E-state index is 11.9. The molecule has 27 heavy (non-hydrogen) atoms. The van der Waals surface area contributed by atoms with Crippen LogP contribution in [-0.4, -0.2) is 11.1 Å². The molecule has 0 bridgehead atoms. The lowest BCUT2D eigenvalue weighted by Crippen LogP contribution is -2.05. The van der Waals surface area contributed by atoms with Crippen molar-refractivity contribution in [2.75, 3.05) is 5.73 Å². The van der Waals surface area contributed by atoms with Gasteiger partial charge in [0, 0.05) is 44.9 Å². The molecular formula is C20H12Cl2N2O3. The van der Waals surface area contributed by atoms with Crippen LogP contribution in [0, 0.1) is 5.41 Å². The Morgan fingerprint density at radius 2 is 1.74 bits per heavy atom. The molecule has 0 fully saturated rings. The molecule has 0 saturated carbocycles. The summed E-state index contributed by atoms with van der Waals surface area (Å²) in [5, 5.41) is 18.8. The predicted molar refractivity (Wildman–Crippen MR) is 106 cm³/mol. The monoisotopic (exact) mass is 398 g/mol. The summed E-state index contributed by atoms with van der Waals surface area (Å²) >= 11 is 12.6. The second-order valence-corrected chi connectivity index (χ2v) is 6.84. The number of hydrogen-bond donors (Lipinski definition) is 3. The third-order valence-corrected chi connectivity index (χ3v) is 4.94. The summed E-state index contributed by atoms with van der Waals surface area (Å²) < 4.78 is 5.92. The number of nitrogen functional groups attached to an aromatic ring is 1. The van der Waals surface area contributed by atoms with Gasteiger partial charge < -0.3 is 20.7 Å². The molecule has 4 rings (SSSR count). The molecule has 7 heteroatoms. The van der Waals surface area contributed by atoms with Crippen molar-refractivity contribution in [3.8, 4) is 22.5 Å². The van der Waals surface area contributed by atoms with Gasteiger partial charge in [0.1, 0.15) is 11.3 Å². The second kappa shape index (κ2) is 6.30. The van der Waals surface area contributed by atoms with E-state index in [9.17, 15) is 9.90 Å². The van der Waals surface area contributed by atoms with Gasteiger partial charge in [-0.05, 0) is 36.4 Å². The van der Waals surface area contributed by atoms with Crippen molar-refractivity contribution in [3.05, 3.63) is 69.5 Å². The second-order valence-electron chi connectivity index (χ2n) is 6.03. The zero-order chi connectivity index (χ0) is 19.3. The first kappa shape index (κ1) is 17.4. The average Bonchev–Trinajstić information content (AvgIpc) is 2.61. The molecule has 1 aliphatic carbocycles. The van der Waals surface area contributed by atoms with Crippen molar-refractivity contribution >= 4 is 45.8 Å². The average molecular weight is 399 g/mol. The third kappa shape index (κ3) is 2.81. The first-order valence-electron chi connectivity index (χ1n) is 7.89. The number of nitrogens with one attached hydrogen (secondary N) is 1. The standard InChI is InChI=1S/C20H12Cl2N2O3/c21-13-5-6-14(22)19(20(25)26)18(13)17-11-3-1-9(23)7-15(11)27-16-8-10(24)2-4-12(16)17/h1-8,23H,24H2,(H,25,26). The van der Waals surface area contributed by atoms with Crippen LogP contribution in [0.25, 0.3) is 33.4 Å². The molecule has 0 aromatic heterocycles. The molecule has 0 saturated heterocycles. The summed E-state index contributed by atoms with van der Waals surface area (Å²) in [6, 6.07) is 13.0. The summed E-state index contributed by atoms with van der Waals surface area (Å²) in [6.45, 7) is 0. The predicted octanol–water partition coefficient (Wildman–Crippen LogP) is 5.27. The van der Waals surface area contributed by atoms with Crippen LogP contribution in [0.3, 0.4) is 0 Å². The van der Waals surface area contributed by atoms with E-state index in [1.165, 1.54) is 6.07 Å². The van der Waals surface area contributed by atoms with Gasteiger partial charge in [0.15, 0.2) is 0 Å². The summed E-state index contributed by atoms with van der Waals surface area (Å²) in [7, 11) is 0. The summed E-state index contributed by atoms with van der Waals surface area (Å²) in [4.78, 5) is 11.9. The number of carboxylic acids is 1. The number of fused-ring (bicyclic) bond motifs is 2. The highest BCUT2D eigenvalue weighted by atomic mass is 35.5. The quantitative estimate of drug-likeness (QED) is 0.316. The van der Waals surface area contributed by atoms with Crippen molar-refractivity contribution < 1.29 is 14.3 Å². The Labute approximate surface area is 163 Å². The molecule has 0 amide bonds. The first-order valence-corrected chi connectivity index (χ1v) is 8.65. The van der Waals surface area contributed by atoms with E-state index < -0.39 is 5.97 Å². The van der Waals surface area contributed by atoms with Gasteiger partial charge in [0.2, 0.25) is 0 Å². The van der Waals surface area contributed by atoms with E-state index in [1.54, 1.807) is 42.5 Å². The zero-order valence-corrected chi connectivity index (χ0v) is 15.2. The molecule has 1 aliphatic heterocycles. The van der Waals surface area contributed by atoms with E-state index in [4.69, 9.17) is 38.8 Å². The van der Waals surface area contributed by atoms with Gasteiger partial charge in [-0.25, -0.2) is 4.79 Å². The minimum absolute atomic E-state index is 0.0801. The Hall–Kier alpha value is -3.02. The topological polar surface area (TPSA) is 100 Å². The lowest BCUT2D eigenvalue weighted by molar-refractivity contribution is 0.0698. The largest absolute Gasteiger partial charge is 0.478 e. The fourth-order valence-electron chi connectivity index (χ4n) is 3.18. The Morgan fingerprint density at radius 1 is 1.00 bits per heavy atom. The van der Waals surface area contributed by atoms with Crippen LogP contribution in [0.1, 0.15) is 10.4 Å². The van der Waals surface area contributed by atoms with Crippen molar-refractivity contribution in [3.63, 3.8) is 0 Å². The van der Waals surface area contributed by atoms with Crippen LogP contribution in [0.2, 0.25) is 10.0 Å². The number of aromatic carboxylic acids is 1. The van der Waals surface area contributed by atoms with Gasteiger partial charge in [0.05, 0.1) is 15.9 Å². The van der Waals surface area contributed by atoms with Crippen molar-refractivity contribution in [2.45, 2.75) is 0 Å². The first-order chi connectivity index (χ1) is 12.9. The SMILES string of the molecule is N=c1ccc2c(-c3c(Cl)ccc(Cl)c3C(=O)O)c3ccc(N)cc3oc-2c1. The molecule has 0 unspecified atom stereocenters. The van der Waals surface area contributed by atoms with E-state index in [1.807, 2.05) is 0 Å². The fraction of sp³-hybridized carbons (Fsp3) is 0. The van der Waals surface area contributed by atoms with Gasteiger partial charge in [-0.2, -0.15) is 0 Å². The minimum Gasteiger partial charge on any atom is -0.478 e. The molecule has 2 aliphatic rings. The number of hydrogen-bond acceptors (Lipinski definition) is 4. The summed E-state index contributed by atoms with van der Waals surface area (Å²) in [6.07, 6.45) is 0. The van der Waals surface area contributed by atoms with Crippen LogP contribution < -0.4 is 11.1 Å². The third-order valence-electron chi connectivity index (χ3n) is 4.31. The number of anilines is 1. The Balaban J connectivity index is 2.28. The molecule has 2 aromatic rings. The number of benzene rings is 3. The highest BCUT2D eigenvalue weighted by Gasteiger charge is 2.25. The van der Waals surface area contributed by atoms with Crippen molar-refractivity contribution in [1.29, 1.82) is 5.41 Å². The van der Waals surface area contributed by atoms with Gasteiger partial charge in [0.25, 0.3) is 0 Å². The van der Waals surface area contributed by atoms with Crippen molar-refractivity contribution in [2.24, 2.45) is 0 Å². The highest BCUT2D eigenvalue weighted by molar-refractivity contribution is 6.39. The fourth-order valence-corrected chi connectivity index (χ4v) is 3.67. The number of halogens is 2. The number of nitrogens with two attached hydrogens (primary N) is 1. The molecule has 0 spiro atoms. The Bertz CT molecular complexity index is 1260. The number of rotatable bonds is 2. The molecule has 4 N–H and O–H groups in total. The van der Waals surface area contributed by atoms with Crippen LogP contribution in [-0.2, 0) is 0 Å². The molecular weight excluding hydrogens is 387 g/mol. The van der Waals surface area contributed by atoms with Gasteiger partial charge in [-0.15, -0.1) is 0 Å². The van der Waals surface area contributed by atoms with E-state index in [2.05, 4.69) is 0 Å². The highest BCUT2D eigenvalue weighted by Crippen LogP contribution is 2.45. The van der Waals surface area contributed by atoms with Crippen LogP contribution >= 0.6 is 23.2 Å². The Morgan fingerprint density at radius 3 is 2.48 bits per heavy atom. The zero-order valence-electron chi connectivity index (χ0n) is 13.7. The number of carboxylic acid groups (broad SMARTS) is 1. The smallest absolute Gasteiger partial charge is 0.337 e. The minimum atomic E-state index is -1.19. The maximum Gasteiger partial charge on any atom is 0.337 e. The number of carbonyl (C=O) groups is 1. The molecule has 5 nitrogen and oxygen atoms in total. The maximum atomic E-state index is 11.9. The van der Waals surface area contributed by atoms with E-state index in [-0.39, 0.29) is 21.0 Å². The van der Waals surface area contributed by atoms with E-state index >= 15 is 0 Å². The van der Waals surface area contributed by atoms with E-state index in [0.29, 0.717) is 39.1 Å². The van der Waals surface area contributed by atoms with Gasteiger partial charge >= 0.3 is 5.97 Å². The molecule has 2 aromatic carbocycles. The molecule has 0 atom stereocenters. The van der Waals surface area contributed by atoms with E-state index in [0.717, 1.165) is 0 Å². The van der Waals surface area contributed by atoms with Crippen LogP contribution in [0.15, 0.2) is 52.9 Å². The molecule has 134 valence electrons. The van der Waals surface area contributed by atoms with Crippen LogP contribution in [0.5, 0.6) is 0 Å². The lowest BCUT2D eigenvalue weighted by atomic mass is 9.90. The van der Waals surface area contributed by atoms with Gasteiger partial charge in [-0.1, -0.05) is 23.2 Å². The van der Waals surface area contributed by atoms with Crippen molar-refractivity contribution in [1.82, 2.24) is 0 Å². The lowest BCUT2D eigenvalue weighted by Gasteiger charge is -2.18. The Kier molecular flexibility index (Phi) is 4.06. The molecule has 0 radical (unpaired) electrons. The molecule has 1 heterocycles. The summed E-state index contributed by atoms with van der Waals surface area (Å²) in [5.74, 6) is -0.768. The summed E-state index contributed by atoms with van der Waals surface area (Å²) in [5.41, 5.74) is 8.22. The van der Waals surface area contributed by atoms with Gasteiger partial charge in [-0.3, -0.25) is 0 Å². The normalized spacial score (nSPS) is 11.2.